The van der Waals surface area contributed by atoms with E-state index < -0.39 is 0 Å². The summed E-state index contributed by atoms with van der Waals surface area (Å²) in [6, 6.07) is 16.4. The molecule has 0 unspecified atom stereocenters. The highest BCUT2D eigenvalue weighted by atomic mass is 79.9. The van der Waals surface area contributed by atoms with Gasteiger partial charge in [0.25, 0.3) is 0 Å². The number of carbonyl (C=O) groups excluding carboxylic acids is 1. The van der Waals surface area contributed by atoms with Crippen LogP contribution >= 0.6 is 39.0 Å². The summed E-state index contributed by atoms with van der Waals surface area (Å²) in [6.45, 7) is 7.13. The van der Waals surface area contributed by atoms with Crippen molar-refractivity contribution in [1.29, 1.82) is 0 Å². The maximum absolute atomic E-state index is 12.5. The molecule has 0 saturated carbocycles. The number of thiazole rings is 1. The molecule has 4 aromatic rings. The van der Waals surface area contributed by atoms with E-state index in [-0.39, 0.29) is 11.7 Å². The Morgan fingerprint density at radius 2 is 1.79 bits per heavy atom. The highest BCUT2D eigenvalue weighted by Crippen LogP contribution is 2.28. The van der Waals surface area contributed by atoms with Crippen LogP contribution in [0.15, 0.2) is 63.5 Å². The third-order valence-corrected chi connectivity index (χ3v) is 7.34. The fourth-order valence-electron chi connectivity index (χ4n) is 3.28. The molecule has 4 rings (SSSR count). The fourth-order valence-corrected chi connectivity index (χ4v) is 5.08. The second-order valence-corrected chi connectivity index (χ2v) is 10.4. The summed E-state index contributed by atoms with van der Waals surface area (Å²) >= 11 is 6.23. The standard InChI is InChI=1S/C24H24BrN5OS2/c1-4-30-22(18-7-5-16(6-8-18)15(2)3)28-29-24(30)33-14-21(31)27-23-26-20(13-32-23)17-9-11-19(25)12-10-17/h5-13,15H,4,14H2,1-3H3,(H,26,27,31). The van der Waals surface area contributed by atoms with E-state index >= 15 is 0 Å². The van der Waals surface area contributed by atoms with Gasteiger partial charge in [0.15, 0.2) is 16.1 Å². The Labute approximate surface area is 210 Å². The van der Waals surface area contributed by atoms with Crippen molar-refractivity contribution in [1.82, 2.24) is 19.7 Å². The minimum absolute atomic E-state index is 0.120. The van der Waals surface area contributed by atoms with Crippen LogP contribution in [0.1, 0.15) is 32.3 Å². The summed E-state index contributed by atoms with van der Waals surface area (Å²) in [4.78, 5) is 17.1. The predicted molar refractivity (Wildman–Crippen MR) is 140 cm³/mol. The van der Waals surface area contributed by atoms with E-state index in [0.717, 1.165) is 38.8 Å². The molecule has 0 radical (unpaired) electrons. The van der Waals surface area contributed by atoms with Gasteiger partial charge in [0.2, 0.25) is 5.91 Å². The van der Waals surface area contributed by atoms with Gasteiger partial charge in [-0.3, -0.25) is 4.79 Å². The van der Waals surface area contributed by atoms with Gasteiger partial charge in [-0.05, 0) is 30.5 Å². The van der Waals surface area contributed by atoms with Gasteiger partial charge in [-0.15, -0.1) is 21.5 Å². The largest absolute Gasteiger partial charge is 0.302 e. The smallest absolute Gasteiger partial charge is 0.236 e. The predicted octanol–water partition coefficient (Wildman–Crippen LogP) is 6.71. The molecule has 1 amide bonds. The number of thioether (sulfide) groups is 1. The summed E-state index contributed by atoms with van der Waals surface area (Å²) in [5.41, 5.74) is 4.16. The highest BCUT2D eigenvalue weighted by molar-refractivity contribution is 9.10. The molecule has 0 aliphatic heterocycles. The molecule has 0 atom stereocenters. The van der Waals surface area contributed by atoms with E-state index in [0.29, 0.717) is 11.0 Å². The molecule has 9 heteroatoms. The van der Waals surface area contributed by atoms with Crippen molar-refractivity contribution in [2.24, 2.45) is 0 Å². The average molecular weight is 543 g/mol. The van der Waals surface area contributed by atoms with Crippen molar-refractivity contribution in [3.63, 3.8) is 0 Å². The number of benzene rings is 2. The van der Waals surface area contributed by atoms with E-state index in [9.17, 15) is 4.79 Å². The van der Waals surface area contributed by atoms with E-state index in [1.807, 2.05) is 34.2 Å². The maximum atomic E-state index is 12.5. The average Bonchev–Trinajstić information content (AvgIpc) is 3.45. The van der Waals surface area contributed by atoms with Crippen molar-refractivity contribution in [2.75, 3.05) is 11.1 Å². The third kappa shape index (κ3) is 5.72. The monoisotopic (exact) mass is 541 g/mol. The van der Waals surface area contributed by atoms with Crippen LogP contribution in [0.25, 0.3) is 22.6 Å². The first-order valence-corrected chi connectivity index (χ1v) is 13.3. The molecule has 2 aromatic carbocycles. The SMILES string of the molecule is CCn1c(SCC(=O)Nc2nc(-c3ccc(Br)cc3)cs2)nnc1-c1ccc(C(C)C)cc1. The Hall–Kier alpha value is -2.49. The van der Waals surface area contributed by atoms with Gasteiger partial charge in [0, 0.05) is 27.5 Å². The zero-order valence-corrected chi connectivity index (χ0v) is 21.8. The molecule has 2 aromatic heterocycles. The van der Waals surface area contributed by atoms with Crippen LogP contribution in [0.3, 0.4) is 0 Å². The van der Waals surface area contributed by atoms with E-state index in [4.69, 9.17) is 0 Å². The van der Waals surface area contributed by atoms with Gasteiger partial charge < -0.3 is 9.88 Å². The molecule has 0 bridgehead atoms. The Morgan fingerprint density at radius 3 is 2.45 bits per heavy atom. The first kappa shape index (κ1) is 23.7. The van der Waals surface area contributed by atoms with Crippen molar-refractivity contribution >= 4 is 50.1 Å². The Kier molecular flexibility index (Phi) is 7.62. The molecular formula is C24H24BrN5OS2. The molecule has 6 nitrogen and oxygen atoms in total. The lowest BCUT2D eigenvalue weighted by molar-refractivity contribution is -0.113. The maximum Gasteiger partial charge on any atom is 0.236 e. The number of amides is 1. The molecule has 0 spiro atoms. The Bertz CT molecular complexity index is 1230. The zero-order valence-electron chi connectivity index (χ0n) is 18.6. The fraction of sp³-hybridized carbons (Fsp3) is 0.250. The molecule has 0 fully saturated rings. The molecular weight excluding hydrogens is 518 g/mol. The minimum Gasteiger partial charge on any atom is -0.302 e. The van der Waals surface area contributed by atoms with Crippen LogP contribution in [0.5, 0.6) is 0 Å². The molecule has 170 valence electrons. The number of rotatable bonds is 8. The van der Waals surface area contributed by atoms with Crippen LogP contribution in [0.2, 0.25) is 0 Å². The van der Waals surface area contributed by atoms with Crippen molar-refractivity contribution in [2.45, 2.75) is 38.4 Å². The van der Waals surface area contributed by atoms with Gasteiger partial charge in [-0.1, -0.05) is 77.9 Å². The van der Waals surface area contributed by atoms with Crippen molar-refractivity contribution in [3.05, 3.63) is 63.9 Å². The second kappa shape index (κ2) is 10.6. The van der Waals surface area contributed by atoms with E-state index in [2.05, 4.69) is 81.5 Å². The number of hydrogen-bond donors (Lipinski definition) is 1. The quantitative estimate of drug-likeness (QED) is 0.251. The third-order valence-electron chi connectivity index (χ3n) is 5.09. The number of anilines is 1. The number of carbonyl (C=O) groups is 1. The molecule has 33 heavy (non-hydrogen) atoms. The first-order chi connectivity index (χ1) is 15.9. The van der Waals surface area contributed by atoms with E-state index in [1.54, 1.807) is 0 Å². The summed E-state index contributed by atoms with van der Waals surface area (Å²) in [5.74, 6) is 1.41. The molecule has 1 N–H and O–H groups in total. The number of hydrogen-bond acceptors (Lipinski definition) is 6. The van der Waals surface area contributed by atoms with Gasteiger partial charge >= 0.3 is 0 Å². The summed E-state index contributed by atoms with van der Waals surface area (Å²) < 4.78 is 3.06. The van der Waals surface area contributed by atoms with E-state index in [1.165, 1.54) is 28.7 Å². The lowest BCUT2D eigenvalue weighted by atomic mass is 10.0. The van der Waals surface area contributed by atoms with Gasteiger partial charge in [-0.25, -0.2) is 4.98 Å². The van der Waals surface area contributed by atoms with Crippen LogP contribution in [-0.4, -0.2) is 31.4 Å². The minimum atomic E-state index is -0.120. The van der Waals surface area contributed by atoms with Crippen LogP contribution in [0.4, 0.5) is 5.13 Å². The van der Waals surface area contributed by atoms with Gasteiger partial charge in [0.05, 0.1) is 11.4 Å². The van der Waals surface area contributed by atoms with Crippen LogP contribution in [0, 0.1) is 0 Å². The number of nitrogens with zero attached hydrogens (tertiary/aromatic N) is 4. The second-order valence-electron chi connectivity index (χ2n) is 7.71. The number of nitrogens with one attached hydrogen (secondary N) is 1. The molecule has 0 aliphatic carbocycles. The highest BCUT2D eigenvalue weighted by Gasteiger charge is 2.16. The van der Waals surface area contributed by atoms with Crippen LogP contribution < -0.4 is 5.32 Å². The Balaban J connectivity index is 1.39. The van der Waals surface area contributed by atoms with Crippen LogP contribution in [-0.2, 0) is 11.3 Å². The van der Waals surface area contributed by atoms with Crippen molar-refractivity contribution < 1.29 is 4.79 Å². The normalized spacial score (nSPS) is 11.2. The lowest BCUT2D eigenvalue weighted by Gasteiger charge is -2.09. The lowest BCUT2D eigenvalue weighted by Crippen LogP contribution is -2.14. The number of aromatic nitrogens is 4. The zero-order chi connectivity index (χ0) is 23.4. The topological polar surface area (TPSA) is 72.7 Å². The van der Waals surface area contributed by atoms with Gasteiger partial charge in [-0.2, -0.15) is 0 Å². The summed E-state index contributed by atoms with van der Waals surface area (Å²) in [5, 5.41) is 14.9. The first-order valence-electron chi connectivity index (χ1n) is 10.6. The van der Waals surface area contributed by atoms with Gasteiger partial charge in [0.1, 0.15) is 0 Å². The number of halogens is 1. The summed E-state index contributed by atoms with van der Waals surface area (Å²) in [7, 11) is 0. The Morgan fingerprint density at radius 1 is 1.09 bits per heavy atom. The molecule has 0 saturated heterocycles. The summed E-state index contributed by atoms with van der Waals surface area (Å²) in [6.07, 6.45) is 0. The van der Waals surface area contributed by atoms with Crippen molar-refractivity contribution in [3.8, 4) is 22.6 Å². The molecule has 2 heterocycles. The molecule has 0 aliphatic rings.